The average molecular weight is 514 g/mol. The number of rotatable bonds is 2. The second-order valence-corrected chi connectivity index (χ2v) is 10.1. The lowest BCUT2D eigenvalue weighted by molar-refractivity contribution is -0.142. The van der Waals surface area contributed by atoms with Crippen molar-refractivity contribution in [3.63, 3.8) is 0 Å². The summed E-state index contributed by atoms with van der Waals surface area (Å²) in [5.41, 5.74) is 3.48. The third-order valence-electron chi connectivity index (χ3n) is 7.63. The Morgan fingerprint density at radius 2 is 1.65 bits per heavy atom. The number of aryl methyl sites for hydroxylation is 1. The molecule has 3 aliphatic heterocycles. The van der Waals surface area contributed by atoms with Gasteiger partial charge in [0.2, 0.25) is 18.6 Å². The van der Waals surface area contributed by atoms with Gasteiger partial charge in [0.05, 0.1) is 28.5 Å². The summed E-state index contributed by atoms with van der Waals surface area (Å²) < 4.78 is 16.8. The summed E-state index contributed by atoms with van der Waals surface area (Å²) in [6.45, 7) is 2.04. The SMILES string of the molecule is Cc1ccc2c(c1)OC(=O)[C@@H]1C2=C[C@H](c2ccc3c(c2)OCO3)[C@H]2C(=O)N(c3ccccc3Cl)C(=O)[C@H]12. The molecule has 3 aromatic carbocycles. The molecule has 0 radical (unpaired) electrons. The molecular formula is C29H20ClNO6. The van der Waals surface area contributed by atoms with Crippen LogP contribution in [0.3, 0.4) is 0 Å². The summed E-state index contributed by atoms with van der Waals surface area (Å²) in [6.07, 6.45) is 1.94. The minimum absolute atomic E-state index is 0.120. The quantitative estimate of drug-likeness (QED) is 0.275. The van der Waals surface area contributed by atoms with Gasteiger partial charge < -0.3 is 14.2 Å². The molecule has 184 valence electrons. The highest BCUT2D eigenvalue weighted by molar-refractivity contribution is 6.36. The van der Waals surface area contributed by atoms with Crippen LogP contribution < -0.4 is 19.1 Å². The van der Waals surface area contributed by atoms with Crippen molar-refractivity contribution in [1.82, 2.24) is 0 Å². The number of ether oxygens (including phenoxy) is 3. The zero-order valence-electron chi connectivity index (χ0n) is 19.6. The highest BCUT2D eigenvalue weighted by Crippen LogP contribution is 2.55. The van der Waals surface area contributed by atoms with Gasteiger partial charge >= 0.3 is 5.97 Å². The van der Waals surface area contributed by atoms with Crippen LogP contribution in [0.5, 0.6) is 17.2 Å². The Balaban J connectivity index is 1.44. The monoisotopic (exact) mass is 513 g/mol. The molecule has 2 amide bonds. The van der Waals surface area contributed by atoms with Crippen molar-refractivity contribution in [2.45, 2.75) is 12.8 Å². The number of amides is 2. The molecule has 7 nitrogen and oxygen atoms in total. The van der Waals surface area contributed by atoms with Crippen molar-refractivity contribution in [2.24, 2.45) is 17.8 Å². The van der Waals surface area contributed by atoms with Gasteiger partial charge in [-0.05, 0) is 54.0 Å². The molecule has 0 N–H and O–H groups in total. The molecule has 3 heterocycles. The maximum atomic E-state index is 14.0. The Bertz CT molecular complexity index is 1560. The van der Waals surface area contributed by atoms with Gasteiger partial charge in [0.1, 0.15) is 5.75 Å². The number of para-hydroxylation sites is 1. The van der Waals surface area contributed by atoms with Crippen molar-refractivity contribution in [3.8, 4) is 17.2 Å². The minimum Gasteiger partial charge on any atom is -0.454 e. The first-order chi connectivity index (χ1) is 17.9. The number of benzene rings is 3. The number of hydrogen-bond donors (Lipinski definition) is 0. The average Bonchev–Trinajstić information content (AvgIpc) is 3.46. The van der Waals surface area contributed by atoms with Gasteiger partial charge in [-0.1, -0.05) is 48.0 Å². The van der Waals surface area contributed by atoms with Crippen LogP contribution in [0.25, 0.3) is 5.57 Å². The molecule has 0 saturated carbocycles. The smallest absolute Gasteiger partial charge is 0.319 e. The number of nitrogens with zero attached hydrogens (tertiary/aromatic N) is 1. The number of carbonyl (C=O) groups excluding carboxylic acids is 3. The maximum Gasteiger partial charge on any atom is 0.319 e. The second kappa shape index (κ2) is 7.95. The van der Waals surface area contributed by atoms with Crippen LogP contribution in [0.1, 0.15) is 22.6 Å². The van der Waals surface area contributed by atoms with Crippen molar-refractivity contribution < 1.29 is 28.6 Å². The predicted molar refractivity (Wildman–Crippen MR) is 135 cm³/mol. The van der Waals surface area contributed by atoms with Crippen molar-refractivity contribution in [3.05, 3.63) is 88.5 Å². The number of anilines is 1. The van der Waals surface area contributed by atoms with Crippen LogP contribution >= 0.6 is 11.6 Å². The van der Waals surface area contributed by atoms with Gasteiger partial charge in [-0.3, -0.25) is 14.4 Å². The molecule has 0 spiro atoms. The molecule has 4 aliphatic rings. The summed E-state index contributed by atoms with van der Waals surface area (Å²) in [4.78, 5) is 42.5. The Morgan fingerprint density at radius 3 is 2.49 bits per heavy atom. The molecule has 1 aliphatic carbocycles. The van der Waals surface area contributed by atoms with E-state index in [4.69, 9.17) is 25.8 Å². The maximum absolute atomic E-state index is 14.0. The lowest BCUT2D eigenvalue weighted by Crippen LogP contribution is -2.42. The molecule has 0 unspecified atom stereocenters. The van der Waals surface area contributed by atoms with E-state index >= 15 is 0 Å². The molecule has 0 bridgehead atoms. The van der Waals surface area contributed by atoms with Crippen LogP contribution in [0.2, 0.25) is 5.02 Å². The van der Waals surface area contributed by atoms with E-state index in [0.29, 0.717) is 28.5 Å². The number of hydrogen-bond acceptors (Lipinski definition) is 6. The predicted octanol–water partition coefficient (Wildman–Crippen LogP) is 4.90. The first kappa shape index (κ1) is 22.1. The largest absolute Gasteiger partial charge is 0.454 e. The molecule has 8 heteroatoms. The molecule has 1 saturated heterocycles. The van der Waals surface area contributed by atoms with Gasteiger partial charge in [0.25, 0.3) is 0 Å². The number of fused-ring (bicyclic) bond motifs is 6. The summed E-state index contributed by atoms with van der Waals surface area (Å²) >= 11 is 6.42. The van der Waals surface area contributed by atoms with E-state index in [1.807, 2.05) is 43.3 Å². The van der Waals surface area contributed by atoms with E-state index in [2.05, 4.69) is 0 Å². The minimum atomic E-state index is -0.943. The van der Waals surface area contributed by atoms with E-state index < -0.39 is 41.5 Å². The zero-order chi connectivity index (χ0) is 25.4. The van der Waals surface area contributed by atoms with Gasteiger partial charge in [0.15, 0.2) is 11.5 Å². The van der Waals surface area contributed by atoms with Crippen molar-refractivity contribution >= 4 is 40.6 Å². The van der Waals surface area contributed by atoms with E-state index in [1.165, 1.54) is 0 Å². The Kier molecular flexibility index (Phi) is 4.75. The summed E-state index contributed by atoms with van der Waals surface area (Å²) in [6, 6.07) is 17.9. The number of carbonyl (C=O) groups is 3. The van der Waals surface area contributed by atoms with Gasteiger partial charge in [-0.25, -0.2) is 4.90 Å². The fourth-order valence-corrected chi connectivity index (χ4v) is 6.21. The van der Waals surface area contributed by atoms with Crippen molar-refractivity contribution in [2.75, 3.05) is 11.7 Å². The Hall–Kier alpha value is -4.10. The molecule has 3 aromatic rings. The summed E-state index contributed by atoms with van der Waals surface area (Å²) in [5.74, 6) is -2.91. The number of imide groups is 1. The first-order valence-electron chi connectivity index (χ1n) is 12.0. The molecule has 0 aromatic heterocycles. The fourth-order valence-electron chi connectivity index (χ4n) is 5.98. The third kappa shape index (κ3) is 3.17. The first-order valence-corrected chi connectivity index (χ1v) is 12.4. The lowest BCUT2D eigenvalue weighted by Gasteiger charge is -2.38. The van der Waals surface area contributed by atoms with Gasteiger partial charge in [0, 0.05) is 11.5 Å². The number of allylic oxidation sites excluding steroid dienone is 1. The van der Waals surface area contributed by atoms with E-state index in [0.717, 1.165) is 21.6 Å². The van der Waals surface area contributed by atoms with E-state index in [9.17, 15) is 14.4 Å². The van der Waals surface area contributed by atoms with Crippen LogP contribution in [0.15, 0.2) is 66.7 Å². The summed E-state index contributed by atoms with van der Waals surface area (Å²) in [5, 5.41) is 0.280. The third-order valence-corrected chi connectivity index (χ3v) is 7.95. The fraction of sp³-hybridized carbons (Fsp3) is 0.207. The van der Waals surface area contributed by atoms with Crippen LogP contribution in [-0.4, -0.2) is 24.6 Å². The number of halogens is 1. The number of esters is 1. The van der Waals surface area contributed by atoms with Crippen LogP contribution in [0, 0.1) is 24.7 Å². The standard InChI is InChI=1S/C29H20ClNO6/c1-14-6-8-16-18-12-17(15-7-9-21-23(11-15)36-13-35-21)24-26(25(18)29(34)37-22(16)10-14)28(33)31(27(24)32)20-5-3-2-4-19(20)30/h2-12,17,24-26H,13H2,1H3/t17-,24-,25-,26+/m1/s1. The van der Waals surface area contributed by atoms with Crippen molar-refractivity contribution in [1.29, 1.82) is 0 Å². The van der Waals surface area contributed by atoms with Gasteiger partial charge in [-0.2, -0.15) is 0 Å². The van der Waals surface area contributed by atoms with E-state index in [1.54, 1.807) is 30.3 Å². The second-order valence-electron chi connectivity index (χ2n) is 9.67. The molecule has 37 heavy (non-hydrogen) atoms. The highest BCUT2D eigenvalue weighted by atomic mass is 35.5. The molecular weight excluding hydrogens is 494 g/mol. The van der Waals surface area contributed by atoms with Crippen LogP contribution in [0.4, 0.5) is 5.69 Å². The molecule has 1 fully saturated rings. The van der Waals surface area contributed by atoms with E-state index in [-0.39, 0.29) is 11.8 Å². The van der Waals surface area contributed by atoms with Crippen LogP contribution in [-0.2, 0) is 14.4 Å². The molecule has 7 rings (SSSR count). The Labute approximate surface area is 217 Å². The van der Waals surface area contributed by atoms with Gasteiger partial charge in [-0.15, -0.1) is 0 Å². The topological polar surface area (TPSA) is 82.1 Å². The Morgan fingerprint density at radius 1 is 0.865 bits per heavy atom. The molecule has 4 atom stereocenters. The summed E-state index contributed by atoms with van der Waals surface area (Å²) in [7, 11) is 0. The normalized spacial score (nSPS) is 25.3. The highest BCUT2D eigenvalue weighted by Gasteiger charge is 2.60. The lowest BCUT2D eigenvalue weighted by atomic mass is 9.64. The zero-order valence-corrected chi connectivity index (χ0v) is 20.4.